The predicted octanol–water partition coefficient (Wildman–Crippen LogP) is 3.89. The first-order valence-corrected chi connectivity index (χ1v) is 14.3. The Balaban J connectivity index is 1.24. The molecule has 5 rings (SSSR count). The fourth-order valence-corrected chi connectivity index (χ4v) is 5.83. The van der Waals surface area contributed by atoms with Gasteiger partial charge in [-0.1, -0.05) is 17.5 Å². The number of amides is 3. The summed E-state index contributed by atoms with van der Waals surface area (Å²) >= 11 is 6.45. The number of terminal acetylenes is 1. The molecule has 0 radical (unpaired) electrons. The Labute approximate surface area is 256 Å². The minimum Gasteiger partial charge on any atom is -0.326 e. The number of carbonyl (C=O) groups is 3. The van der Waals surface area contributed by atoms with Crippen LogP contribution >= 0.6 is 11.6 Å². The summed E-state index contributed by atoms with van der Waals surface area (Å²) in [4.78, 5) is 46.6. The standard InChI is InChI=1S/C29H30ClF3N8O3/c1-3-9-41-16-21(25(37-41)29(31,32)33)23-14-35-26(38(23)2)27(43)36-19-4-5-20(22(30)13-19)24(42)17-6-10-39(11-7-17)28(44)40-12-8-18(34)15-40/h1,4-5,13-14,16-18H,6-12,15,34H2,2H3,(H,36,43)/t18-/m1/s1. The SMILES string of the molecule is C#CCn1cc(-c2cnc(C(=O)Nc3ccc(C(=O)C4CCN(C(=O)N5CC[C@@H](N)C5)CC4)c(Cl)c3)n2C)c(C(F)(F)F)n1. The van der Waals surface area contributed by atoms with E-state index in [1.165, 1.54) is 29.8 Å². The zero-order chi connectivity index (χ0) is 31.8. The quantitative estimate of drug-likeness (QED) is 0.314. The number of hydrogen-bond acceptors (Lipinski definition) is 6. The summed E-state index contributed by atoms with van der Waals surface area (Å²) in [6, 6.07) is 4.40. The number of nitrogens with two attached hydrogens (primary N) is 1. The molecule has 0 spiro atoms. The molecule has 2 aliphatic heterocycles. The Bertz CT molecular complexity index is 1640. The fourth-order valence-electron chi connectivity index (χ4n) is 5.56. The smallest absolute Gasteiger partial charge is 0.326 e. The van der Waals surface area contributed by atoms with Crippen LogP contribution in [0.5, 0.6) is 0 Å². The number of piperidine rings is 1. The van der Waals surface area contributed by atoms with Gasteiger partial charge in [0.25, 0.3) is 5.91 Å². The van der Waals surface area contributed by atoms with E-state index in [-0.39, 0.29) is 58.1 Å². The summed E-state index contributed by atoms with van der Waals surface area (Å²) in [7, 11) is 1.41. The summed E-state index contributed by atoms with van der Waals surface area (Å²) in [5.74, 6) is 0.918. The number of ketones is 1. The van der Waals surface area contributed by atoms with Crippen molar-refractivity contribution in [2.45, 2.75) is 38.0 Å². The number of alkyl halides is 3. The van der Waals surface area contributed by atoms with Gasteiger partial charge in [0, 0.05) is 62.6 Å². The van der Waals surface area contributed by atoms with Gasteiger partial charge in [-0.15, -0.1) is 6.42 Å². The Morgan fingerprint density at radius 1 is 1.16 bits per heavy atom. The molecular formula is C29H30ClF3N8O3. The first-order valence-electron chi connectivity index (χ1n) is 13.9. The zero-order valence-electron chi connectivity index (χ0n) is 23.8. The first-order chi connectivity index (χ1) is 20.9. The van der Waals surface area contributed by atoms with Crippen molar-refractivity contribution in [2.75, 3.05) is 31.5 Å². The van der Waals surface area contributed by atoms with Crippen LogP contribution in [0.2, 0.25) is 5.02 Å². The molecule has 1 atom stereocenters. The van der Waals surface area contributed by atoms with Crippen LogP contribution in [-0.4, -0.2) is 79.1 Å². The third-order valence-corrected chi connectivity index (χ3v) is 8.19. The molecule has 11 nitrogen and oxygen atoms in total. The molecule has 2 aromatic heterocycles. The summed E-state index contributed by atoms with van der Waals surface area (Å²) in [5.41, 5.74) is 5.07. The number of halogens is 4. The Morgan fingerprint density at radius 2 is 1.86 bits per heavy atom. The average molecular weight is 631 g/mol. The number of nitrogens with one attached hydrogen (secondary N) is 1. The van der Waals surface area contributed by atoms with Crippen LogP contribution in [0.1, 0.15) is 45.9 Å². The Hall–Kier alpha value is -4.35. The van der Waals surface area contributed by atoms with Gasteiger partial charge in [-0.2, -0.15) is 18.3 Å². The van der Waals surface area contributed by atoms with E-state index in [0.29, 0.717) is 44.6 Å². The molecule has 0 aliphatic carbocycles. The third kappa shape index (κ3) is 6.29. The van der Waals surface area contributed by atoms with Crippen molar-refractivity contribution in [3.05, 3.63) is 52.7 Å². The second-order valence-electron chi connectivity index (χ2n) is 10.9. The molecule has 44 heavy (non-hydrogen) atoms. The van der Waals surface area contributed by atoms with Gasteiger partial charge in [-0.05, 0) is 37.5 Å². The van der Waals surface area contributed by atoms with E-state index in [1.807, 2.05) is 0 Å². The van der Waals surface area contributed by atoms with Crippen LogP contribution in [0.15, 0.2) is 30.6 Å². The molecule has 232 valence electrons. The summed E-state index contributed by atoms with van der Waals surface area (Å²) in [5, 5.41) is 6.30. The molecule has 2 aliphatic rings. The van der Waals surface area contributed by atoms with Crippen molar-refractivity contribution in [3.8, 4) is 23.6 Å². The van der Waals surface area contributed by atoms with E-state index in [4.69, 9.17) is 23.8 Å². The Morgan fingerprint density at radius 3 is 2.48 bits per heavy atom. The average Bonchev–Trinajstić information content (AvgIpc) is 3.71. The van der Waals surface area contributed by atoms with E-state index < -0.39 is 17.8 Å². The van der Waals surface area contributed by atoms with Gasteiger partial charge < -0.3 is 25.4 Å². The maximum absolute atomic E-state index is 13.6. The molecule has 1 aromatic carbocycles. The molecule has 0 bridgehead atoms. The second-order valence-corrected chi connectivity index (χ2v) is 11.3. The third-order valence-electron chi connectivity index (χ3n) is 7.87. The lowest BCUT2D eigenvalue weighted by Gasteiger charge is -2.34. The van der Waals surface area contributed by atoms with Gasteiger partial charge in [0.05, 0.1) is 22.5 Å². The zero-order valence-corrected chi connectivity index (χ0v) is 24.5. The maximum atomic E-state index is 13.6. The molecule has 4 heterocycles. The molecule has 3 N–H and O–H groups in total. The summed E-state index contributed by atoms with van der Waals surface area (Å²) in [6.07, 6.45) is 4.54. The second kappa shape index (κ2) is 12.3. The molecular weight excluding hydrogens is 601 g/mol. The van der Waals surface area contributed by atoms with E-state index in [9.17, 15) is 27.6 Å². The van der Waals surface area contributed by atoms with Crippen molar-refractivity contribution in [1.29, 1.82) is 0 Å². The van der Waals surface area contributed by atoms with Crippen molar-refractivity contribution < 1.29 is 27.6 Å². The first kappa shape index (κ1) is 31.1. The molecule has 2 saturated heterocycles. The van der Waals surface area contributed by atoms with Crippen molar-refractivity contribution in [2.24, 2.45) is 18.7 Å². The van der Waals surface area contributed by atoms with Gasteiger partial charge in [-0.3, -0.25) is 14.3 Å². The molecule has 0 unspecified atom stereocenters. The van der Waals surface area contributed by atoms with E-state index >= 15 is 0 Å². The highest BCUT2D eigenvalue weighted by Gasteiger charge is 2.39. The monoisotopic (exact) mass is 630 g/mol. The van der Waals surface area contributed by atoms with E-state index in [0.717, 1.165) is 23.5 Å². The highest BCUT2D eigenvalue weighted by Crippen LogP contribution is 2.36. The predicted molar refractivity (Wildman–Crippen MR) is 156 cm³/mol. The van der Waals surface area contributed by atoms with Crippen LogP contribution in [0.3, 0.4) is 0 Å². The van der Waals surface area contributed by atoms with Crippen molar-refractivity contribution in [3.63, 3.8) is 0 Å². The fraction of sp³-hybridized carbons (Fsp3) is 0.414. The van der Waals surface area contributed by atoms with Crippen LogP contribution in [0, 0.1) is 18.3 Å². The molecule has 2 fully saturated rings. The minimum absolute atomic E-state index is 0.00351. The summed E-state index contributed by atoms with van der Waals surface area (Å²) in [6.45, 7) is 1.91. The lowest BCUT2D eigenvalue weighted by molar-refractivity contribution is -0.141. The largest absolute Gasteiger partial charge is 0.435 e. The Kier molecular flexibility index (Phi) is 8.71. The molecule has 0 saturated carbocycles. The number of rotatable bonds is 6. The number of benzene rings is 1. The number of urea groups is 1. The minimum atomic E-state index is -4.76. The van der Waals surface area contributed by atoms with E-state index in [2.05, 4.69) is 21.3 Å². The van der Waals surface area contributed by atoms with E-state index in [1.54, 1.807) is 9.80 Å². The normalized spacial score (nSPS) is 17.5. The van der Waals surface area contributed by atoms with Crippen molar-refractivity contribution >= 4 is 35.0 Å². The van der Waals surface area contributed by atoms with Crippen LogP contribution in [0.4, 0.5) is 23.7 Å². The number of Topliss-reactive ketones (excluding diaryl/α,β-unsaturated/α-hetero) is 1. The molecule has 15 heteroatoms. The number of aromatic nitrogens is 4. The lowest BCUT2D eigenvalue weighted by Crippen LogP contribution is -2.47. The number of imidazole rings is 1. The number of anilines is 1. The number of carbonyl (C=O) groups excluding carboxylic acids is 3. The highest BCUT2D eigenvalue weighted by molar-refractivity contribution is 6.34. The number of likely N-dealkylation sites (tertiary alicyclic amines) is 2. The highest BCUT2D eigenvalue weighted by atomic mass is 35.5. The number of nitrogens with zero attached hydrogens (tertiary/aromatic N) is 6. The summed E-state index contributed by atoms with van der Waals surface area (Å²) < 4.78 is 43.1. The lowest BCUT2D eigenvalue weighted by atomic mass is 9.89. The van der Waals surface area contributed by atoms with Crippen LogP contribution in [0.25, 0.3) is 11.3 Å². The topological polar surface area (TPSA) is 131 Å². The van der Waals surface area contributed by atoms with Crippen LogP contribution in [-0.2, 0) is 19.8 Å². The molecule has 3 aromatic rings. The van der Waals surface area contributed by atoms with Crippen LogP contribution < -0.4 is 11.1 Å². The van der Waals surface area contributed by atoms with Gasteiger partial charge >= 0.3 is 12.2 Å². The van der Waals surface area contributed by atoms with Gasteiger partial charge in [0.1, 0.15) is 6.54 Å². The van der Waals surface area contributed by atoms with Gasteiger partial charge in [0.2, 0.25) is 0 Å². The van der Waals surface area contributed by atoms with Crippen molar-refractivity contribution in [1.82, 2.24) is 29.1 Å². The molecule has 3 amide bonds. The van der Waals surface area contributed by atoms with Gasteiger partial charge in [0.15, 0.2) is 17.3 Å². The van der Waals surface area contributed by atoms with Gasteiger partial charge in [-0.25, -0.2) is 9.78 Å². The number of hydrogen-bond donors (Lipinski definition) is 2. The maximum Gasteiger partial charge on any atom is 0.435 e.